The second-order valence-electron chi connectivity index (χ2n) is 18.8. The van der Waals surface area contributed by atoms with Gasteiger partial charge in [0.1, 0.15) is 29.6 Å². The summed E-state index contributed by atoms with van der Waals surface area (Å²) in [5.74, 6) is -4.56. The zero-order chi connectivity index (χ0) is 59.4. The first-order chi connectivity index (χ1) is 38.9. The summed E-state index contributed by atoms with van der Waals surface area (Å²) in [5, 5.41) is 19.6. The van der Waals surface area contributed by atoms with E-state index >= 15 is 0 Å². The first-order valence-corrected chi connectivity index (χ1v) is 29.1. The lowest BCUT2D eigenvalue weighted by atomic mass is 10.1. The molecule has 0 aliphatic rings. The van der Waals surface area contributed by atoms with Crippen molar-refractivity contribution in [3.05, 3.63) is 95.1 Å². The zero-order valence-electron chi connectivity index (χ0n) is 46.4. The number of nitrogens with one attached hydrogen (secondary N) is 7. The number of unbranched alkanes of at least 4 members (excludes halogenated alkanes) is 4. The van der Waals surface area contributed by atoms with E-state index in [0.717, 1.165) is 0 Å². The van der Waals surface area contributed by atoms with Gasteiger partial charge in [0.25, 0.3) is 17.7 Å². The van der Waals surface area contributed by atoms with Gasteiger partial charge in [0.05, 0.1) is 42.5 Å². The van der Waals surface area contributed by atoms with Crippen molar-refractivity contribution in [3.63, 3.8) is 0 Å². The lowest BCUT2D eigenvalue weighted by molar-refractivity contribution is -0.118. The van der Waals surface area contributed by atoms with Crippen molar-refractivity contribution in [1.82, 2.24) is 16.0 Å². The molecule has 0 spiro atoms. The van der Waals surface area contributed by atoms with E-state index in [1.807, 2.05) is 0 Å². The number of primary amides is 1. The highest BCUT2D eigenvalue weighted by Crippen LogP contribution is 2.29. The number of carbonyl (C=O) groups excluding carboxylic acids is 8. The minimum absolute atomic E-state index is 0.0306. The molecule has 8 amide bonds. The van der Waals surface area contributed by atoms with Crippen LogP contribution in [0, 0.1) is 0 Å². The van der Waals surface area contributed by atoms with E-state index in [4.69, 9.17) is 43.9 Å². The summed E-state index contributed by atoms with van der Waals surface area (Å²) in [7, 11) is 2.74. The van der Waals surface area contributed by atoms with Gasteiger partial charge in [-0.2, -0.15) is 0 Å². The van der Waals surface area contributed by atoms with Crippen molar-refractivity contribution in [2.24, 2.45) is 34.4 Å². The molecular formula is C56H79N13O10S2. The van der Waals surface area contributed by atoms with Crippen molar-refractivity contribution in [2.75, 3.05) is 74.2 Å². The van der Waals surface area contributed by atoms with Crippen LogP contribution in [0.15, 0.2) is 82.6 Å². The third kappa shape index (κ3) is 20.7. The Labute approximate surface area is 481 Å². The van der Waals surface area contributed by atoms with E-state index in [2.05, 4.69) is 37.2 Å². The molecule has 4 rings (SSSR count). The molecule has 4 aromatic rings. The van der Waals surface area contributed by atoms with Crippen LogP contribution >= 0.6 is 23.5 Å². The molecule has 0 bridgehead atoms. The molecule has 81 heavy (non-hydrogen) atoms. The van der Waals surface area contributed by atoms with Gasteiger partial charge in [-0.3, -0.25) is 38.4 Å². The van der Waals surface area contributed by atoms with Crippen molar-refractivity contribution in [2.45, 2.75) is 111 Å². The first-order valence-electron chi connectivity index (χ1n) is 26.7. The van der Waals surface area contributed by atoms with Gasteiger partial charge in [-0.1, -0.05) is 6.42 Å². The average molecular weight is 1160 g/mol. The van der Waals surface area contributed by atoms with Gasteiger partial charge >= 0.3 is 0 Å². The second kappa shape index (κ2) is 34.8. The Morgan fingerprint density at radius 3 is 1.09 bits per heavy atom. The minimum atomic E-state index is -1.13. The molecule has 4 atom stereocenters. The molecule has 4 aromatic carbocycles. The molecule has 0 fully saturated rings. The minimum Gasteiger partial charge on any atom is -0.496 e. The smallest absolute Gasteiger partial charge is 0.255 e. The van der Waals surface area contributed by atoms with Crippen molar-refractivity contribution in [3.8, 4) is 11.5 Å². The Kier molecular flexibility index (Phi) is 28.5. The van der Waals surface area contributed by atoms with E-state index in [1.54, 1.807) is 42.8 Å². The standard InChI is InChI=1S/C56H79N13O10S2/c1-78-45-21-17-33(63-53(74)41(61)13-5-9-25-57)29-37(45)50(71)67-42(14-6-10-26-58)54(75)64-34-18-22-46(79-2)38(30-34)51(72)68-43(15-7-11-27-59)55(76)66-36-20-24-48(81-4)40(32-36)52(73)69-44(16-8-12-28-60)56(77)65-35-19-23-47(80-3)39(31-35)49(62)70/h17-24,29-32,41-44H,5-16,25-28,57-61H2,1-4H3,(H2,62,70)(H,63,74)(H,64,75)(H,65,77)(H,66,76)(H,67,71)(H,68,72)(H,69,73)/t41-,42-,43-,44-/m0/s1. The summed E-state index contributed by atoms with van der Waals surface area (Å²) >= 11 is 2.61. The number of ether oxygens (including phenoxy) is 2. The first kappa shape index (κ1) is 66.3. The molecule has 0 unspecified atom stereocenters. The number of benzene rings is 4. The Morgan fingerprint density at radius 1 is 0.432 bits per heavy atom. The Morgan fingerprint density at radius 2 is 0.741 bits per heavy atom. The van der Waals surface area contributed by atoms with E-state index in [1.165, 1.54) is 80.2 Å². The number of methoxy groups -OCH3 is 2. The number of hydrogen-bond acceptors (Lipinski definition) is 17. The van der Waals surface area contributed by atoms with Gasteiger partial charge in [0, 0.05) is 32.5 Å². The lowest BCUT2D eigenvalue weighted by Crippen LogP contribution is -2.44. The van der Waals surface area contributed by atoms with Crippen molar-refractivity contribution in [1.29, 1.82) is 0 Å². The van der Waals surface area contributed by atoms with Crippen LogP contribution in [0.2, 0.25) is 0 Å². The molecule has 0 aliphatic carbocycles. The largest absolute Gasteiger partial charge is 0.496 e. The third-order valence-electron chi connectivity index (χ3n) is 12.9. The Balaban J connectivity index is 1.55. The van der Waals surface area contributed by atoms with E-state index < -0.39 is 71.4 Å². The van der Waals surface area contributed by atoms with Crippen LogP contribution in [0.25, 0.3) is 0 Å². The fraction of sp³-hybridized carbons (Fsp3) is 0.429. The zero-order valence-corrected chi connectivity index (χ0v) is 48.0. The van der Waals surface area contributed by atoms with E-state index in [9.17, 15) is 38.4 Å². The van der Waals surface area contributed by atoms with Crippen LogP contribution in [0.4, 0.5) is 22.7 Å². The monoisotopic (exact) mass is 1160 g/mol. The highest BCUT2D eigenvalue weighted by atomic mass is 32.2. The number of hydrogen-bond donors (Lipinski definition) is 13. The van der Waals surface area contributed by atoms with Gasteiger partial charge in [-0.05, 0) is 182 Å². The normalized spacial score (nSPS) is 12.4. The highest BCUT2D eigenvalue weighted by Gasteiger charge is 2.28. The molecule has 0 saturated carbocycles. The van der Waals surface area contributed by atoms with Crippen LogP contribution < -0.4 is 81.1 Å². The molecule has 25 heteroatoms. The SMILES string of the molecule is COc1ccc(NC(=O)[C@H](CCCCN)NC(=O)c2cc(NC(=O)[C@@H](N)CCCCN)ccc2OC)cc1C(=O)N[C@@H](CCCCN)C(=O)Nc1ccc(SC)c(C(=O)N[C@@H](CCCCN)C(=O)Nc2ccc(SC)c(C(N)=O)c2)c1. The summed E-state index contributed by atoms with van der Waals surface area (Å²) in [6, 6.07) is 14.3. The number of amides is 8. The Bertz CT molecular complexity index is 2810. The molecule has 23 nitrogen and oxygen atoms in total. The molecule has 0 heterocycles. The third-order valence-corrected chi connectivity index (χ3v) is 14.5. The van der Waals surface area contributed by atoms with Gasteiger partial charge in [-0.25, -0.2) is 0 Å². The lowest BCUT2D eigenvalue weighted by Gasteiger charge is -2.22. The van der Waals surface area contributed by atoms with Crippen molar-refractivity contribution < 1.29 is 47.8 Å². The average Bonchev–Trinajstić information content (AvgIpc) is 3.46. The number of nitrogens with two attached hydrogens (primary N) is 6. The molecule has 440 valence electrons. The summed E-state index contributed by atoms with van der Waals surface area (Å²) < 4.78 is 11.0. The van der Waals surface area contributed by atoms with E-state index in [0.29, 0.717) is 99.4 Å². The molecule has 0 radical (unpaired) electrons. The number of rotatable bonds is 35. The quantitative estimate of drug-likeness (QED) is 0.0226. The summed E-state index contributed by atoms with van der Waals surface area (Å²) in [4.78, 5) is 111. The second-order valence-corrected chi connectivity index (χ2v) is 20.5. The van der Waals surface area contributed by atoms with Crippen LogP contribution in [-0.2, 0) is 19.2 Å². The summed E-state index contributed by atoms with van der Waals surface area (Å²) in [6.45, 7) is 1.52. The van der Waals surface area contributed by atoms with Crippen molar-refractivity contribution >= 4 is 93.5 Å². The molecule has 0 saturated heterocycles. The fourth-order valence-electron chi connectivity index (χ4n) is 8.42. The van der Waals surface area contributed by atoms with Gasteiger partial charge in [0.2, 0.25) is 29.5 Å². The molecule has 0 aromatic heterocycles. The maximum Gasteiger partial charge on any atom is 0.255 e. The number of anilines is 4. The summed E-state index contributed by atoms with van der Waals surface area (Å²) in [6.07, 6.45) is 9.08. The summed E-state index contributed by atoms with van der Waals surface area (Å²) in [5.41, 5.74) is 36.0. The van der Waals surface area contributed by atoms with Crippen LogP contribution in [0.5, 0.6) is 11.5 Å². The highest BCUT2D eigenvalue weighted by molar-refractivity contribution is 7.99. The maximum absolute atomic E-state index is 14.2. The van der Waals surface area contributed by atoms with Gasteiger partial charge in [0.15, 0.2) is 0 Å². The van der Waals surface area contributed by atoms with Crippen LogP contribution in [-0.4, -0.2) is 124 Å². The maximum atomic E-state index is 14.2. The van der Waals surface area contributed by atoms with Crippen LogP contribution in [0.3, 0.4) is 0 Å². The Hall–Kier alpha value is -7.26. The van der Waals surface area contributed by atoms with Gasteiger partial charge < -0.3 is 81.1 Å². The molecule has 0 aliphatic heterocycles. The molecule has 19 N–H and O–H groups in total. The predicted molar refractivity (Wildman–Crippen MR) is 319 cm³/mol. The molecular weight excluding hydrogens is 1080 g/mol. The number of carbonyl (C=O) groups is 8. The van der Waals surface area contributed by atoms with Gasteiger partial charge in [-0.15, -0.1) is 23.5 Å². The fourth-order valence-corrected chi connectivity index (χ4v) is 9.58. The van der Waals surface area contributed by atoms with E-state index in [-0.39, 0.29) is 70.1 Å². The number of thioether (sulfide) groups is 2. The topological polar surface area (TPSA) is 395 Å². The predicted octanol–water partition coefficient (Wildman–Crippen LogP) is 4.24. The van der Waals surface area contributed by atoms with Crippen LogP contribution in [0.1, 0.15) is 118 Å².